The molecular weight excluding hydrogens is 356 g/mol. The van der Waals surface area contributed by atoms with Gasteiger partial charge in [-0.05, 0) is 43.5 Å². The highest BCUT2D eigenvalue weighted by Crippen LogP contribution is 2.59. The number of ether oxygens (including phenoxy) is 1. The number of likely N-dealkylation sites (tertiary alicyclic amines) is 1. The van der Waals surface area contributed by atoms with Crippen LogP contribution in [0.3, 0.4) is 0 Å². The van der Waals surface area contributed by atoms with Crippen LogP contribution in [0.25, 0.3) is 11.0 Å². The first-order valence-corrected chi connectivity index (χ1v) is 9.13. The summed E-state index contributed by atoms with van der Waals surface area (Å²) in [5.74, 6) is -3.89. The van der Waals surface area contributed by atoms with Gasteiger partial charge in [-0.1, -0.05) is 6.92 Å². The fourth-order valence-corrected chi connectivity index (χ4v) is 4.03. The molecule has 1 aliphatic carbocycles. The molecule has 2 aromatic rings. The van der Waals surface area contributed by atoms with Gasteiger partial charge in [0.1, 0.15) is 11.3 Å². The molecule has 4 rings (SSSR count). The van der Waals surface area contributed by atoms with Crippen molar-refractivity contribution >= 4 is 16.9 Å². The molecule has 1 saturated heterocycles. The summed E-state index contributed by atoms with van der Waals surface area (Å²) in [6.45, 7) is 5.53. The lowest BCUT2D eigenvalue weighted by atomic mass is 10.0. The van der Waals surface area contributed by atoms with Crippen LogP contribution in [0, 0.1) is 18.8 Å². The average molecular weight is 377 g/mol. The predicted molar refractivity (Wildman–Crippen MR) is 95.2 cm³/mol. The zero-order valence-electron chi connectivity index (χ0n) is 15.4. The molecule has 2 fully saturated rings. The van der Waals surface area contributed by atoms with E-state index in [2.05, 4.69) is 0 Å². The third-order valence-electron chi connectivity index (χ3n) is 5.58. The number of hydrogen-bond acceptors (Lipinski definition) is 4. The average Bonchev–Trinajstić information content (AvgIpc) is 2.97. The topological polar surface area (TPSA) is 59.8 Å². The standard InChI is InChI=1S/C20H21F2NO4/c1-4-12-7-17(24)27-16-6-10(2)5-15(18(12)16)26-11(3)19(25)23-8-13-14(9-23)20(13,21)22/h5-7,11,13-14H,4,8-9H2,1-3H3. The highest BCUT2D eigenvalue weighted by Gasteiger charge is 2.72. The van der Waals surface area contributed by atoms with Gasteiger partial charge in [0.05, 0.1) is 17.2 Å². The minimum Gasteiger partial charge on any atom is -0.480 e. The number of fused-ring (bicyclic) bond motifs is 2. The first kappa shape index (κ1) is 17.9. The van der Waals surface area contributed by atoms with Crippen molar-refractivity contribution < 1.29 is 22.7 Å². The Morgan fingerprint density at radius 3 is 2.63 bits per heavy atom. The maximum Gasteiger partial charge on any atom is 0.336 e. The summed E-state index contributed by atoms with van der Waals surface area (Å²) in [5.41, 5.74) is 1.59. The van der Waals surface area contributed by atoms with E-state index >= 15 is 0 Å². The quantitative estimate of drug-likeness (QED) is 0.768. The van der Waals surface area contributed by atoms with Crippen LogP contribution < -0.4 is 10.4 Å². The molecule has 2 heterocycles. The number of nitrogens with zero attached hydrogens (tertiary/aromatic N) is 1. The van der Waals surface area contributed by atoms with Gasteiger partial charge in [-0.15, -0.1) is 0 Å². The molecule has 3 atom stereocenters. The fraction of sp³-hybridized carbons (Fsp3) is 0.500. The molecule has 27 heavy (non-hydrogen) atoms. The molecule has 1 amide bonds. The summed E-state index contributed by atoms with van der Waals surface area (Å²) in [5, 5.41) is 0.665. The van der Waals surface area contributed by atoms with Gasteiger partial charge in [-0.3, -0.25) is 4.79 Å². The summed E-state index contributed by atoms with van der Waals surface area (Å²) in [6, 6.07) is 4.97. The van der Waals surface area contributed by atoms with E-state index in [1.165, 1.54) is 11.0 Å². The predicted octanol–water partition coefficient (Wildman–Crippen LogP) is 3.15. The number of carbonyl (C=O) groups excluding carboxylic acids is 1. The van der Waals surface area contributed by atoms with E-state index < -0.39 is 29.5 Å². The van der Waals surface area contributed by atoms with Crippen molar-refractivity contribution in [1.29, 1.82) is 0 Å². The molecule has 0 N–H and O–H groups in total. The van der Waals surface area contributed by atoms with Crippen molar-refractivity contribution in [2.24, 2.45) is 11.8 Å². The van der Waals surface area contributed by atoms with Gasteiger partial charge in [0.15, 0.2) is 6.10 Å². The van der Waals surface area contributed by atoms with Gasteiger partial charge < -0.3 is 14.1 Å². The number of halogens is 2. The number of alkyl halides is 2. The molecule has 1 aromatic carbocycles. The number of carbonyl (C=O) groups is 1. The molecule has 144 valence electrons. The Morgan fingerprint density at radius 1 is 1.33 bits per heavy atom. The van der Waals surface area contributed by atoms with Crippen molar-refractivity contribution in [3.8, 4) is 5.75 Å². The SMILES string of the molecule is CCc1cc(=O)oc2cc(C)cc(OC(C)C(=O)N3CC4C(C3)C4(F)F)c12. The lowest BCUT2D eigenvalue weighted by Crippen LogP contribution is -2.41. The van der Waals surface area contributed by atoms with Crippen LogP contribution in [0.1, 0.15) is 25.0 Å². The third-order valence-corrected chi connectivity index (χ3v) is 5.58. The first-order chi connectivity index (χ1) is 12.7. The summed E-state index contributed by atoms with van der Waals surface area (Å²) in [4.78, 5) is 25.8. The number of piperidine rings is 1. The third kappa shape index (κ3) is 2.89. The van der Waals surface area contributed by atoms with Gasteiger partial charge in [-0.25, -0.2) is 13.6 Å². The molecule has 0 spiro atoms. The van der Waals surface area contributed by atoms with Gasteiger partial charge in [-0.2, -0.15) is 0 Å². The maximum atomic E-state index is 13.4. The largest absolute Gasteiger partial charge is 0.480 e. The molecule has 1 aliphatic heterocycles. The zero-order valence-corrected chi connectivity index (χ0v) is 15.4. The number of benzene rings is 1. The van der Waals surface area contributed by atoms with E-state index in [0.29, 0.717) is 23.1 Å². The highest BCUT2D eigenvalue weighted by atomic mass is 19.3. The monoisotopic (exact) mass is 377 g/mol. The van der Waals surface area contributed by atoms with Crippen molar-refractivity contribution in [1.82, 2.24) is 4.90 Å². The van der Waals surface area contributed by atoms with Gasteiger partial charge in [0.25, 0.3) is 11.8 Å². The van der Waals surface area contributed by atoms with Crippen LogP contribution >= 0.6 is 0 Å². The molecule has 1 aromatic heterocycles. The first-order valence-electron chi connectivity index (χ1n) is 9.13. The molecule has 1 saturated carbocycles. The molecule has 0 radical (unpaired) electrons. The van der Waals surface area contributed by atoms with Crippen molar-refractivity contribution in [2.45, 2.75) is 39.2 Å². The van der Waals surface area contributed by atoms with Gasteiger partial charge >= 0.3 is 5.63 Å². The normalized spacial score (nSPS) is 24.0. The number of aryl methyl sites for hydroxylation is 2. The zero-order chi connectivity index (χ0) is 19.5. The Hall–Kier alpha value is -2.44. The lowest BCUT2D eigenvalue weighted by molar-refractivity contribution is -0.138. The van der Waals surface area contributed by atoms with Crippen molar-refractivity contribution in [2.75, 3.05) is 13.1 Å². The van der Waals surface area contributed by atoms with Gasteiger partial charge in [0, 0.05) is 19.2 Å². The Kier molecular flexibility index (Phi) is 4.01. The van der Waals surface area contributed by atoms with Crippen LogP contribution in [-0.4, -0.2) is 35.9 Å². The van der Waals surface area contributed by atoms with Crippen LogP contribution in [0.4, 0.5) is 8.78 Å². The Bertz CT molecular complexity index is 970. The molecule has 2 aliphatic rings. The number of rotatable bonds is 4. The molecule has 5 nitrogen and oxygen atoms in total. The van der Waals surface area contributed by atoms with Crippen LogP contribution in [-0.2, 0) is 11.2 Å². The molecule has 3 unspecified atom stereocenters. The molecule has 7 heteroatoms. The van der Waals surface area contributed by atoms with E-state index in [0.717, 1.165) is 11.1 Å². The molecular formula is C20H21F2NO4. The smallest absolute Gasteiger partial charge is 0.336 e. The minimum atomic E-state index is -2.62. The Morgan fingerprint density at radius 2 is 2.00 bits per heavy atom. The van der Waals surface area contributed by atoms with Crippen LogP contribution in [0.2, 0.25) is 0 Å². The van der Waals surface area contributed by atoms with E-state index in [-0.39, 0.29) is 19.0 Å². The number of amides is 1. The second-order valence-electron chi connectivity index (χ2n) is 7.47. The summed E-state index contributed by atoms with van der Waals surface area (Å²) < 4.78 is 37.9. The highest BCUT2D eigenvalue weighted by molar-refractivity contribution is 5.88. The second kappa shape index (κ2) is 6.04. The fourth-order valence-electron chi connectivity index (χ4n) is 4.03. The number of hydrogen-bond donors (Lipinski definition) is 0. The van der Waals surface area contributed by atoms with Crippen molar-refractivity contribution in [3.63, 3.8) is 0 Å². The second-order valence-corrected chi connectivity index (χ2v) is 7.47. The Balaban J connectivity index is 1.60. The Labute approximate surface area is 154 Å². The van der Waals surface area contributed by atoms with E-state index in [9.17, 15) is 18.4 Å². The summed E-state index contributed by atoms with van der Waals surface area (Å²) in [6.07, 6.45) is -0.216. The van der Waals surface area contributed by atoms with Crippen LogP contribution in [0.15, 0.2) is 27.4 Å². The minimum absolute atomic E-state index is 0.0772. The van der Waals surface area contributed by atoms with Gasteiger partial charge in [0.2, 0.25) is 0 Å². The van der Waals surface area contributed by atoms with Crippen LogP contribution in [0.5, 0.6) is 5.75 Å². The summed E-state index contributed by atoms with van der Waals surface area (Å²) >= 11 is 0. The van der Waals surface area contributed by atoms with E-state index in [4.69, 9.17) is 9.15 Å². The van der Waals surface area contributed by atoms with Crippen molar-refractivity contribution in [3.05, 3.63) is 39.7 Å². The molecule has 0 bridgehead atoms. The van der Waals surface area contributed by atoms with E-state index in [1.807, 2.05) is 13.8 Å². The maximum absolute atomic E-state index is 13.4. The summed E-state index contributed by atoms with van der Waals surface area (Å²) in [7, 11) is 0. The van der Waals surface area contributed by atoms with E-state index in [1.54, 1.807) is 19.1 Å². The lowest BCUT2D eigenvalue weighted by Gasteiger charge is -2.24.